The third-order valence-corrected chi connectivity index (χ3v) is 7.06. The van der Waals surface area contributed by atoms with E-state index < -0.39 is 17.5 Å². The zero-order valence-corrected chi connectivity index (χ0v) is 18.7. The third kappa shape index (κ3) is 2.99. The minimum atomic E-state index is -1.49. The van der Waals surface area contributed by atoms with Gasteiger partial charge < -0.3 is 4.90 Å². The highest BCUT2D eigenvalue weighted by Gasteiger charge is 2.44. The Morgan fingerprint density at radius 1 is 1.12 bits per heavy atom. The first-order valence-corrected chi connectivity index (χ1v) is 11.3. The molecule has 2 bridgehead atoms. The van der Waals surface area contributed by atoms with Gasteiger partial charge in [-0.1, -0.05) is 0 Å². The summed E-state index contributed by atoms with van der Waals surface area (Å²) < 4.78 is 44.9. The number of imidazole rings is 1. The largest absolute Gasteiger partial charge is 0.325 e. The van der Waals surface area contributed by atoms with E-state index in [0.29, 0.717) is 23.5 Å². The second kappa shape index (κ2) is 7.44. The van der Waals surface area contributed by atoms with Crippen LogP contribution in [0.2, 0.25) is 0 Å². The molecule has 1 aromatic carbocycles. The van der Waals surface area contributed by atoms with Crippen molar-refractivity contribution in [1.29, 1.82) is 0 Å². The number of aryl methyl sites for hydroxylation is 2. The second-order valence-electron chi connectivity index (χ2n) is 9.18. The van der Waals surface area contributed by atoms with Crippen LogP contribution in [0.3, 0.4) is 0 Å². The molecule has 1 saturated heterocycles. The van der Waals surface area contributed by atoms with Gasteiger partial charge in [0.05, 0.1) is 23.6 Å². The van der Waals surface area contributed by atoms with Gasteiger partial charge in [0.2, 0.25) is 0 Å². The molecule has 0 aliphatic carbocycles. The van der Waals surface area contributed by atoms with Crippen LogP contribution in [-0.4, -0.2) is 36.0 Å². The summed E-state index contributed by atoms with van der Waals surface area (Å²) >= 11 is 0. The molecule has 1 amide bonds. The van der Waals surface area contributed by atoms with Gasteiger partial charge in [0, 0.05) is 30.4 Å². The minimum absolute atomic E-state index is 0.0761. The molecule has 6 rings (SSSR count). The fourth-order valence-corrected chi connectivity index (χ4v) is 5.58. The number of piperidine rings is 1. The Morgan fingerprint density at radius 3 is 2.65 bits per heavy atom. The summed E-state index contributed by atoms with van der Waals surface area (Å²) in [4.78, 5) is 20.1. The van der Waals surface area contributed by atoms with E-state index in [2.05, 4.69) is 10.1 Å². The van der Waals surface area contributed by atoms with Crippen LogP contribution in [0, 0.1) is 24.4 Å². The number of aromatic nitrogens is 4. The first-order chi connectivity index (χ1) is 16.3. The molecule has 2 aliphatic rings. The second-order valence-corrected chi connectivity index (χ2v) is 9.18. The number of hydrogen-bond acceptors (Lipinski definition) is 3. The van der Waals surface area contributed by atoms with Gasteiger partial charge in [-0.2, -0.15) is 5.10 Å². The molecule has 174 valence electrons. The molecule has 2 atom stereocenters. The zero-order chi connectivity index (χ0) is 23.7. The first kappa shape index (κ1) is 20.9. The number of benzene rings is 1. The van der Waals surface area contributed by atoms with Gasteiger partial charge in [-0.05, 0) is 62.4 Å². The number of nitrogens with zero attached hydrogens (tertiary/aromatic N) is 5. The number of halogens is 3. The monoisotopic (exact) mass is 465 g/mol. The Morgan fingerprint density at radius 2 is 1.88 bits per heavy atom. The van der Waals surface area contributed by atoms with Crippen molar-refractivity contribution in [2.45, 2.75) is 44.7 Å². The Bertz CT molecular complexity index is 1450. The van der Waals surface area contributed by atoms with E-state index in [1.54, 1.807) is 22.3 Å². The standard InChI is InChI=1S/C25H22F3N5O/c1-13-6-7-32-20(12-29-21(32)8-13)25(34)33-15-4-3-5-19(33)23-16(11-15)24(31(2)30-23)14-9-17(26)22(28)18(27)10-14/h6-10,12,15,19H,3-5,11H2,1-2H3/t15-,19+/m0/s1. The van der Waals surface area contributed by atoms with Crippen molar-refractivity contribution in [3.63, 3.8) is 0 Å². The normalized spacial score (nSPS) is 19.5. The summed E-state index contributed by atoms with van der Waals surface area (Å²) in [5.74, 6) is -4.07. The Balaban J connectivity index is 1.44. The summed E-state index contributed by atoms with van der Waals surface area (Å²) in [5, 5.41) is 4.68. The molecule has 5 heterocycles. The van der Waals surface area contributed by atoms with Gasteiger partial charge in [0.15, 0.2) is 17.5 Å². The van der Waals surface area contributed by atoms with Crippen LogP contribution in [0.15, 0.2) is 36.7 Å². The lowest BCUT2D eigenvalue weighted by molar-refractivity contribution is 0.0385. The van der Waals surface area contributed by atoms with Crippen LogP contribution in [0.5, 0.6) is 0 Å². The molecule has 34 heavy (non-hydrogen) atoms. The maximum absolute atomic E-state index is 14.0. The molecule has 0 saturated carbocycles. The summed E-state index contributed by atoms with van der Waals surface area (Å²) in [6, 6.07) is 5.55. The Kier molecular flexibility index (Phi) is 4.59. The number of hydrogen-bond donors (Lipinski definition) is 0. The summed E-state index contributed by atoms with van der Waals surface area (Å²) in [6.45, 7) is 1.98. The fourth-order valence-electron chi connectivity index (χ4n) is 5.58. The van der Waals surface area contributed by atoms with Crippen molar-refractivity contribution in [3.05, 3.63) is 76.6 Å². The van der Waals surface area contributed by atoms with Crippen molar-refractivity contribution < 1.29 is 18.0 Å². The van der Waals surface area contributed by atoms with E-state index in [9.17, 15) is 18.0 Å². The van der Waals surface area contributed by atoms with E-state index in [-0.39, 0.29) is 23.6 Å². The lowest BCUT2D eigenvalue weighted by Gasteiger charge is -2.45. The van der Waals surface area contributed by atoms with Gasteiger partial charge in [-0.25, -0.2) is 18.2 Å². The average molecular weight is 465 g/mol. The van der Waals surface area contributed by atoms with Crippen LogP contribution >= 0.6 is 0 Å². The summed E-state index contributed by atoms with van der Waals surface area (Å²) in [7, 11) is 1.70. The van der Waals surface area contributed by atoms with E-state index >= 15 is 0 Å². The van der Waals surface area contributed by atoms with Gasteiger partial charge in [0.1, 0.15) is 11.3 Å². The molecule has 3 aromatic heterocycles. The summed E-state index contributed by atoms with van der Waals surface area (Å²) in [6.07, 6.45) is 6.49. The van der Waals surface area contributed by atoms with Crippen LogP contribution in [0.25, 0.3) is 16.9 Å². The van der Waals surface area contributed by atoms with E-state index in [4.69, 9.17) is 0 Å². The number of amides is 1. The molecule has 9 heteroatoms. The SMILES string of the molecule is Cc1ccn2c(C(=O)N3[C@H]4CCC[C@@H]3c3nn(C)c(-c5cc(F)c(F)c(F)c5)c3C4)cnc2c1. The molecule has 0 unspecified atom stereocenters. The Labute approximate surface area is 193 Å². The molecule has 1 fully saturated rings. The fraction of sp³-hybridized carbons (Fsp3) is 0.320. The average Bonchev–Trinajstić information content (AvgIpc) is 3.36. The van der Waals surface area contributed by atoms with Crippen molar-refractivity contribution >= 4 is 11.6 Å². The van der Waals surface area contributed by atoms with Gasteiger partial charge in [0.25, 0.3) is 5.91 Å². The highest BCUT2D eigenvalue weighted by Crippen LogP contribution is 2.45. The predicted molar refractivity (Wildman–Crippen MR) is 119 cm³/mol. The van der Waals surface area contributed by atoms with Gasteiger partial charge >= 0.3 is 0 Å². The molecular formula is C25H22F3N5O. The first-order valence-electron chi connectivity index (χ1n) is 11.3. The number of rotatable bonds is 2. The van der Waals surface area contributed by atoms with Crippen molar-refractivity contribution in [2.24, 2.45) is 7.05 Å². The highest BCUT2D eigenvalue weighted by atomic mass is 19.2. The van der Waals surface area contributed by atoms with Gasteiger partial charge in [-0.3, -0.25) is 13.9 Å². The maximum atomic E-state index is 14.0. The number of fused-ring (bicyclic) bond motifs is 5. The molecule has 6 nitrogen and oxygen atoms in total. The molecule has 4 aromatic rings. The third-order valence-electron chi connectivity index (χ3n) is 7.06. The van der Waals surface area contributed by atoms with E-state index in [1.165, 1.54) is 0 Å². The van der Waals surface area contributed by atoms with Crippen LogP contribution in [0.1, 0.15) is 52.6 Å². The van der Waals surface area contributed by atoms with Crippen LogP contribution in [-0.2, 0) is 13.5 Å². The van der Waals surface area contributed by atoms with Crippen molar-refractivity contribution in [2.75, 3.05) is 0 Å². The number of carbonyl (C=O) groups excluding carboxylic acids is 1. The quantitative estimate of drug-likeness (QED) is 0.402. The minimum Gasteiger partial charge on any atom is -0.325 e. The molecule has 0 N–H and O–H groups in total. The number of pyridine rings is 1. The maximum Gasteiger partial charge on any atom is 0.273 e. The van der Waals surface area contributed by atoms with Gasteiger partial charge in [-0.15, -0.1) is 0 Å². The molecule has 2 aliphatic heterocycles. The smallest absolute Gasteiger partial charge is 0.273 e. The Hall–Kier alpha value is -3.62. The molecule has 0 radical (unpaired) electrons. The highest BCUT2D eigenvalue weighted by molar-refractivity contribution is 5.94. The van der Waals surface area contributed by atoms with Crippen LogP contribution in [0.4, 0.5) is 13.2 Å². The predicted octanol–water partition coefficient (Wildman–Crippen LogP) is 4.75. The van der Waals surface area contributed by atoms with E-state index in [0.717, 1.165) is 48.2 Å². The molecular weight excluding hydrogens is 443 g/mol. The van der Waals surface area contributed by atoms with Crippen molar-refractivity contribution in [1.82, 2.24) is 24.1 Å². The lowest BCUT2D eigenvalue weighted by Crippen LogP contribution is -2.50. The van der Waals surface area contributed by atoms with E-state index in [1.807, 2.05) is 30.2 Å². The van der Waals surface area contributed by atoms with Crippen LogP contribution < -0.4 is 0 Å². The lowest BCUT2D eigenvalue weighted by atomic mass is 9.81. The molecule has 0 spiro atoms. The number of carbonyl (C=O) groups is 1. The zero-order valence-electron chi connectivity index (χ0n) is 18.7. The topological polar surface area (TPSA) is 55.4 Å². The van der Waals surface area contributed by atoms with Crippen molar-refractivity contribution in [3.8, 4) is 11.3 Å². The summed E-state index contributed by atoms with van der Waals surface area (Å²) in [5.41, 5.74) is 4.66.